The second-order valence-electron chi connectivity index (χ2n) is 5.64. The second-order valence-corrected chi connectivity index (χ2v) is 5.64. The molecule has 2 aliphatic heterocycles. The maximum Gasteiger partial charge on any atom is 0.272 e. The van der Waals surface area contributed by atoms with Crippen molar-refractivity contribution in [1.29, 1.82) is 0 Å². The lowest BCUT2D eigenvalue weighted by Crippen LogP contribution is -2.44. The molecule has 0 radical (unpaired) electrons. The van der Waals surface area contributed by atoms with E-state index in [1.807, 2.05) is 11.9 Å². The lowest BCUT2D eigenvalue weighted by atomic mass is 9.77. The normalized spacial score (nSPS) is 21.7. The first-order valence-electron chi connectivity index (χ1n) is 6.62. The molecule has 1 spiro atoms. The first-order chi connectivity index (χ1) is 9.10. The monoisotopic (exact) mass is 262 g/mol. The predicted octanol–water partition coefficient (Wildman–Crippen LogP) is 0.162. The van der Waals surface area contributed by atoms with E-state index in [2.05, 4.69) is 10.3 Å². The predicted molar refractivity (Wildman–Crippen MR) is 68.4 cm³/mol. The van der Waals surface area contributed by atoms with Crippen molar-refractivity contribution >= 4 is 11.8 Å². The summed E-state index contributed by atoms with van der Waals surface area (Å²) in [5.74, 6) is 0.179. The number of nitrogens with one attached hydrogen (secondary N) is 1. The maximum absolute atomic E-state index is 12.3. The van der Waals surface area contributed by atoms with Gasteiger partial charge in [-0.3, -0.25) is 9.59 Å². The van der Waals surface area contributed by atoms with Gasteiger partial charge in [-0.25, -0.2) is 4.98 Å². The molecule has 6 nitrogen and oxygen atoms in total. The van der Waals surface area contributed by atoms with Crippen LogP contribution in [0.25, 0.3) is 0 Å². The second kappa shape index (κ2) is 4.36. The van der Waals surface area contributed by atoms with Crippen LogP contribution in [0.4, 0.5) is 0 Å². The minimum atomic E-state index is 0.0344. The number of piperidine rings is 1. The van der Waals surface area contributed by atoms with Gasteiger partial charge in [0, 0.05) is 33.1 Å². The number of amides is 2. The van der Waals surface area contributed by atoms with E-state index in [1.165, 1.54) is 0 Å². The Hall–Kier alpha value is -1.85. The molecule has 102 valence electrons. The number of hydrogen-bond donors (Lipinski definition) is 1. The molecule has 1 N–H and O–H groups in total. The third kappa shape index (κ3) is 2.11. The van der Waals surface area contributed by atoms with Crippen molar-refractivity contribution in [3.63, 3.8) is 0 Å². The van der Waals surface area contributed by atoms with E-state index >= 15 is 0 Å². The summed E-state index contributed by atoms with van der Waals surface area (Å²) in [5.41, 5.74) is 0.705. The number of nitrogens with zero attached hydrogens (tertiary/aromatic N) is 3. The van der Waals surface area contributed by atoms with Gasteiger partial charge in [0.25, 0.3) is 5.91 Å². The van der Waals surface area contributed by atoms with Crippen LogP contribution in [0.1, 0.15) is 29.8 Å². The van der Waals surface area contributed by atoms with Crippen LogP contribution in [0.3, 0.4) is 0 Å². The number of rotatable bonds is 1. The van der Waals surface area contributed by atoms with Crippen molar-refractivity contribution in [1.82, 2.24) is 19.8 Å². The van der Waals surface area contributed by atoms with E-state index < -0.39 is 0 Å². The molecule has 0 atom stereocenters. The summed E-state index contributed by atoms with van der Waals surface area (Å²) in [6.45, 7) is 2.21. The summed E-state index contributed by atoms with van der Waals surface area (Å²) < 4.78 is 1.74. The summed E-state index contributed by atoms with van der Waals surface area (Å²) in [6.07, 6.45) is 5.65. The average Bonchev–Trinajstić information content (AvgIpc) is 2.97. The van der Waals surface area contributed by atoms with Crippen molar-refractivity contribution in [2.75, 3.05) is 19.6 Å². The summed E-state index contributed by atoms with van der Waals surface area (Å²) in [7, 11) is 1.82. The van der Waals surface area contributed by atoms with Crippen molar-refractivity contribution < 1.29 is 9.59 Å². The van der Waals surface area contributed by atoms with Crippen LogP contribution in [0.5, 0.6) is 0 Å². The van der Waals surface area contributed by atoms with Gasteiger partial charge >= 0.3 is 0 Å². The van der Waals surface area contributed by atoms with Gasteiger partial charge in [0.1, 0.15) is 5.69 Å². The molecule has 0 aliphatic carbocycles. The van der Waals surface area contributed by atoms with Crippen LogP contribution >= 0.6 is 0 Å². The highest BCUT2D eigenvalue weighted by molar-refractivity contribution is 5.92. The summed E-state index contributed by atoms with van der Waals surface area (Å²) in [5, 5.41) is 2.90. The van der Waals surface area contributed by atoms with Gasteiger partial charge in [-0.1, -0.05) is 0 Å². The minimum absolute atomic E-state index is 0.0344. The Labute approximate surface area is 111 Å². The molecule has 1 aromatic heterocycles. The lowest BCUT2D eigenvalue weighted by molar-refractivity contribution is -0.119. The van der Waals surface area contributed by atoms with Gasteiger partial charge in [0.2, 0.25) is 5.91 Å². The number of carbonyl (C=O) groups excluding carboxylic acids is 2. The fraction of sp³-hybridized carbons (Fsp3) is 0.615. The molecule has 3 heterocycles. The summed E-state index contributed by atoms with van der Waals surface area (Å²) in [4.78, 5) is 29.5. The van der Waals surface area contributed by atoms with E-state index in [0.29, 0.717) is 12.1 Å². The molecular formula is C13H18N4O2. The molecule has 1 aromatic rings. The Morgan fingerprint density at radius 2 is 2.16 bits per heavy atom. The first kappa shape index (κ1) is 12.2. The van der Waals surface area contributed by atoms with Crippen LogP contribution in [-0.4, -0.2) is 45.9 Å². The summed E-state index contributed by atoms with van der Waals surface area (Å²) >= 11 is 0. The van der Waals surface area contributed by atoms with Crippen LogP contribution in [0.15, 0.2) is 12.5 Å². The quantitative estimate of drug-likeness (QED) is 0.784. The molecule has 6 heteroatoms. The number of imidazole rings is 1. The standard InChI is InChI=1S/C13H18N4O2/c1-16-9-14-7-10(16)12(19)17-4-2-13(3-5-17)6-11(18)15-8-13/h7,9H,2-6,8H2,1H3,(H,15,18). The fourth-order valence-electron chi connectivity index (χ4n) is 3.01. The molecule has 0 saturated carbocycles. The van der Waals surface area contributed by atoms with E-state index in [-0.39, 0.29) is 17.2 Å². The summed E-state index contributed by atoms with van der Waals surface area (Å²) in [6, 6.07) is 0. The van der Waals surface area contributed by atoms with Gasteiger partial charge in [-0.15, -0.1) is 0 Å². The zero-order valence-electron chi connectivity index (χ0n) is 11.1. The van der Waals surface area contributed by atoms with Gasteiger partial charge < -0.3 is 14.8 Å². The molecule has 3 rings (SSSR count). The van der Waals surface area contributed by atoms with Crippen molar-refractivity contribution in [3.8, 4) is 0 Å². The molecule has 0 aromatic carbocycles. The SMILES string of the molecule is Cn1cncc1C(=O)N1CCC2(CC1)CNC(=O)C2. The van der Waals surface area contributed by atoms with Gasteiger partial charge in [0.15, 0.2) is 0 Å². The molecule has 0 bridgehead atoms. The average molecular weight is 262 g/mol. The lowest BCUT2D eigenvalue weighted by Gasteiger charge is -2.38. The zero-order chi connectivity index (χ0) is 13.5. The Bertz CT molecular complexity index is 514. The number of carbonyl (C=O) groups is 2. The van der Waals surface area contributed by atoms with Gasteiger partial charge in [-0.2, -0.15) is 0 Å². The highest BCUT2D eigenvalue weighted by Gasteiger charge is 2.41. The third-order valence-electron chi connectivity index (χ3n) is 4.34. The molecule has 2 aliphatic rings. The largest absolute Gasteiger partial charge is 0.356 e. The highest BCUT2D eigenvalue weighted by Crippen LogP contribution is 2.37. The van der Waals surface area contributed by atoms with E-state index in [9.17, 15) is 9.59 Å². The van der Waals surface area contributed by atoms with E-state index in [4.69, 9.17) is 0 Å². The molecule has 0 unspecified atom stereocenters. The van der Waals surface area contributed by atoms with Crippen molar-refractivity contribution in [2.24, 2.45) is 12.5 Å². The number of aryl methyl sites for hydroxylation is 1. The fourth-order valence-corrected chi connectivity index (χ4v) is 3.01. The third-order valence-corrected chi connectivity index (χ3v) is 4.34. The number of hydrogen-bond acceptors (Lipinski definition) is 3. The van der Waals surface area contributed by atoms with Crippen molar-refractivity contribution in [3.05, 3.63) is 18.2 Å². The topological polar surface area (TPSA) is 67.2 Å². The number of aromatic nitrogens is 2. The molecule has 19 heavy (non-hydrogen) atoms. The highest BCUT2D eigenvalue weighted by atomic mass is 16.2. The molecule has 2 fully saturated rings. The Morgan fingerprint density at radius 3 is 2.68 bits per heavy atom. The number of likely N-dealkylation sites (tertiary alicyclic amines) is 1. The zero-order valence-corrected chi connectivity index (χ0v) is 11.1. The van der Waals surface area contributed by atoms with Crippen LogP contribution in [-0.2, 0) is 11.8 Å². The Kier molecular flexibility index (Phi) is 2.80. The Balaban J connectivity index is 1.66. The smallest absolute Gasteiger partial charge is 0.272 e. The molecule has 2 amide bonds. The maximum atomic E-state index is 12.3. The van der Waals surface area contributed by atoms with Gasteiger partial charge in [-0.05, 0) is 18.3 Å². The van der Waals surface area contributed by atoms with Crippen LogP contribution < -0.4 is 5.32 Å². The van der Waals surface area contributed by atoms with Crippen LogP contribution in [0.2, 0.25) is 0 Å². The Morgan fingerprint density at radius 1 is 1.42 bits per heavy atom. The molecular weight excluding hydrogens is 244 g/mol. The van der Waals surface area contributed by atoms with E-state index in [0.717, 1.165) is 32.5 Å². The molecule has 2 saturated heterocycles. The van der Waals surface area contributed by atoms with Crippen LogP contribution in [0, 0.1) is 5.41 Å². The van der Waals surface area contributed by atoms with Crippen molar-refractivity contribution in [2.45, 2.75) is 19.3 Å². The first-order valence-corrected chi connectivity index (χ1v) is 6.62. The van der Waals surface area contributed by atoms with E-state index in [1.54, 1.807) is 17.1 Å². The van der Waals surface area contributed by atoms with Gasteiger partial charge in [0.05, 0.1) is 12.5 Å². The minimum Gasteiger partial charge on any atom is -0.356 e.